The monoisotopic (exact) mass is 279 g/mol. The molecule has 0 aliphatic rings. The topological polar surface area (TPSA) is 98.3 Å². The van der Waals surface area contributed by atoms with Crippen LogP contribution in [0.3, 0.4) is 0 Å². The number of aryl methyl sites for hydroxylation is 1. The Morgan fingerprint density at radius 1 is 1.53 bits per heavy atom. The number of thiazole rings is 1. The molecule has 0 aliphatic carbocycles. The Bertz CT molecular complexity index is 598. The first kappa shape index (κ1) is 13.3. The molecule has 0 amide bonds. The van der Waals surface area contributed by atoms with Gasteiger partial charge in [0, 0.05) is 11.3 Å². The third kappa shape index (κ3) is 3.19. The number of nitrogen functional groups attached to an aromatic ring is 1. The minimum absolute atomic E-state index is 0.0268. The van der Waals surface area contributed by atoms with Crippen molar-refractivity contribution >= 4 is 23.0 Å². The van der Waals surface area contributed by atoms with Gasteiger partial charge < -0.3 is 15.6 Å². The predicted octanol–water partition coefficient (Wildman–Crippen LogP) is 1.75. The number of rotatable bonds is 5. The van der Waals surface area contributed by atoms with Gasteiger partial charge in [-0.15, -0.1) is 11.3 Å². The van der Waals surface area contributed by atoms with E-state index in [4.69, 9.17) is 15.6 Å². The molecule has 7 heteroatoms. The molecule has 2 rings (SSSR count). The number of pyridine rings is 1. The summed E-state index contributed by atoms with van der Waals surface area (Å²) in [6.07, 6.45) is 2.04. The largest absolute Gasteiger partial charge is 0.477 e. The maximum Gasteiger partial charge on any atom is 0.341 e. The molecule has 0 atom stereocenters. The first-order valence-electron chi connectivity index (χ1n) is 5.58. The number of nitrogens with two attached hydrogens (primary N) is 1. The quantitative estimate of drug-likeness (QED) is 0.865. The zero-order valence-electron chi connectivity index (χ0n) is 10.3. The van der Waals surface area contributed by atoms with Crippen LogP contribution in [0.25, 0.3) is 0 Å². The van der Waals surface area contributed by atoms with Gasteiger partial charge in [0.2, 0.25) is 5.88 Å². The molecular formula is C12H13N3O3S. The Morgan fingerprint density at radius 2 is 2.32 bits per heavy atom. The van der Waals surface area contributed by atoms with E-state index in [-0.39, 0.29) is 11.4 Å². The summed E-state index contributed by atoms with van der Waals surface area (Å²) >= 11 is 1.55. The second-order valence-electron chi connectivity index (χ2n) is 3.89. The zero-order chi connectivity index (χ0) is 13.8. The minimum Gasteiger partial charge on any atom is -0.477 e. The smallest absolute Gasteiger partial charge is 0.341 e. The van der Waals surface area contributed by atoms with Crippen molar-refractivity contribution in [2.75, 3.05) is 12.3 Å². The van der Waals surface area contributed by atoms with Crippen molar-refractivity contribution < 1.29 is 14.6 Å². The number of carbonyl (C=O) groups is 1. The Labute approximate surface area is 113 Å². The molecule has 0 fully saturated rings. The molecular weight excluding hydrogens is 266 g/mol. The fraction of sp³-hybridized carbons (Fsp3) is 0.250. The number of anilines is 1. The molecule has 3 N–H and O–H groups in total. The molecule has 100 valence electrons. The average molecular weight is 279 g/mol. The number of ether oxygens (including phenoxy) is 1. The van der Waals surface area contributed by atoms with Crippen molar-refractivity contribution in [1.29, 1.82) is 0 Å². The lowest BCUT2D eigenvalue weighted by atomic mass is 10.2. The van der Waals surface area contributed by atoms with E-state index in [1.54, 1.807) is 16.8 Å². The Morgan fingerprint density at radius 3 is 2.95 bits per heavy atom. The van der Waals surface area contributed by atoms with Gasteiger partial charge in [-0.1, -0.05) is 0 Å². The summed E-state index contributed by atoms with van der Waals surface area (Å²) in [5.74, 6) is -1.02. The van der Waals surface area contributed by atoms with Crippen molar-refractivity contribution in [3.63, 3.8) is 0 Å². The molecule has 6 nitrogen and oxygen atoms in total. The van der Waals surface area contributed by atoms with Crippen molar-refractivity contribution in [1.82, 2.24) is 9.97 Å². The van der Waals surface area contributed by atoms with Crippen molar-refractivity contribution in [3.05, 3.63) is 33.9 Å². The fourth-order valence-electron chi connectivity index (χ4n) is 1.54. The summed E-state index contributed by atoms with van der Waals surface area (Å²) in [6.45, 7) is 2.27. The third-order valence-corrected chi connectivity index (χ3v) is 3.51. The Balaban J connectivity index is 2.03. The van der Waals surface area contributed by atoms with Gasteiger partial charge in [0.15, 0.2) is 0 Å². The molecule has 0 radical (unpaired) electrons. The lowest BCUT2D eigenvalue weighted by Crippen LogP contribution is -2.08. The molecule has 0 saturated carbocycles. The van der Waals surface area contributed by atoms with Gasteiger partial charge in [0.25, 0.3) is 0 Å². The summed E-state index contributed by atoms with van der Waals surface area (Å²) in [6, 6.07) is 1.34. The Hall–Kier alpha value is -2.15. The highest BCUT2D eigenvalue weighted by Crippen LogP contribution is 2.19. The van der Waals surface area contributed by atoms with Gasteiger partial charge in [0.1, 0.15) is 5.56 Å². The number of aromatic nitrogens is 2. The van der Waals surface area contributed by atoms with Crippen LogP contribution < -0.4 is 10.5 Å². The van der Waals surface area contributed by atoms with E-state index in [0.717, 1.165) is 10.6 Å². The van der Waals surface area contributed by atoms with Crippen LogP contribution in [0.4, 0.5) is 5.69 Å². The summed E-state index contributed by atoms with van der Waals surface area (Å²) in [7, 11) is 0. The van der Waals surface area contributed by atoms with E-state index in [9.17, 15) is 4.79 Å². The first-order valence-corrected chi connectivity index (χ1v) is 6.46. The molecule has 0 aliphatic heterocycles. The van der Waals surface area contributed by atoms with Crippen molar-refractivity contribution in [3.8, 4) is 5.88 Å². The number of hydrogen-bond donors (Lipinski definition) is 2. The van der Waals surface area contributed by atoms with E-state index in [1.807, 2.05) is 6.92 Å². The van der Waals surface area contributed by atoms with E-state index in [1.165, 1.54) is 12.3 Å². The molecule has 0 unspecified atom stereocenters. The van der Waals surface area contributed by atoms with Gasteiger partial charge >= 0.3 is 5.97 Å². The second-order valence-corrected chi connectivity index (χ2v) is 4.83. The minimum atomic E-state index is -1.11. The lowest BCUT2D eigenvalue weighted by molar-refractivity contribution is 0.0691. The first-order chi connectivity index (χ1) is 9.08. The summed E-state index contributed by atoms with van der Waals surface area (Å²) in [5, 5.41) is 9.03. The molecule has 2 aromatic heterocycles. The van der Waals surface area contributed by atoms with Gasteiger partial charge in [-0.2, -0.15) is 0 Å². The third-order valence-electron chi connectivity index (χ3n) is 2.52. The average Bonchev–Trinajstić information content (AvgIpc) is 2.77. The Kier molecular flexibility index (Phi) is 3.96. The van der Waals surface area contributed by atoms with E-state index >= 15 is 0 Å². The molecule has 2 aromatic rings. The van der Waals surface area contributed by atoms with E-state index in [0.29, 0.717) is 18.7 Å². The second kappa shape index (κ2) is 5.66. The van der Waals surface area contributed by atoms with Crippen LogP contribution in [-0.4, -0.2) is 27.7 Å². The highest BCUT2D eigenvalue weighted by Gasteiger charge is 2.13. The van der Waals surface area contributed by atoms with Crippen LogP contribution in [0, 0.1) is 6.92 Å². The maximum absolute atomic E-state index is 11.0. The molecule has 2 heterocycles. The van der Waals surface area contributed by atoms with Gasteiger partial charge in [-0.25, -0.2) is 14.8 Å². The number of carboxylic acids is 1. The molecule has 19 heavy (non-hydrogen) atoms. The lowest BCUT2D eigenvalue weighted by Gasteiger charge is -2.08. The number of aromatic carboxylic acids is 1. The molecule has 0 saturated heterocycles. The number of carboxylic acid groups (broad SMARTS) is 1. The molecule has 0 aromatic carbocycles. The van der Waals surface area contributed by atoms with Crippen molar-refractivity contribution in [2.45, 2.75) is 13.3 Å². The highest BCUT2D eigenvalue weighted by atomic mass is 32.1. The zero-order valence-corrected chi connectivity index (χ0v) is 11.1. The normalized spacial score (nSPS) is 10.4. The van der Waals surface area contributed by atoms with Crippen LogP contribution in [0.2, 0.25) is 0 Å². The molecule has 0 spiro atoms. The van der Waals surface area contributed by atoms with Crippen molar-refractivity contribution in [2.24, 2.45) is 0 Å². The predicted molar refractivity (Wildman–Crippen MR) is 71.7 cm³/mol. The number of nitrogens with zero attached hydrogens (tertiary/aromatic N) is 2. The van der Waals surface area contributed by atoms with E-state index in [2.05, 4.69) is 9.97 Å². The van der Waals surface area contributed by atoms with Gasteiger partial charge in [0.05, 0.1) is 29.7 Å². The SMILES string of the molecule is Cc1ncsc1CCOc1ncc(N)cc1C(=O)O. The summed E-state index contributed by atoms with van der Waals surface area (Å²) in [5.41, 5.74) is 8.51. The standard InChI is InChI=1S/C12H13N3O3S/c1-7-10(19-6-15-7)2-3-18-11-9(12(16)17)4-8(13)5-14-11/h4-6H,2-3,13H2,1H3,(H,16,17). The van der Waals surface area contributed by atoms with Gasteiger partial charge in [-0.3, -0.25) is 0 Å². The summed E-state index contributed by atoms with van der Waals surface area (Å²) < 4.78 is 5.41. The highest BCUT2D eigenvalue weighted by molar-refractivity contribution is 7.09. The molecule has 0 bridgehead atoms. The maximum atomic E-state index is 11.0. The fourth-order valence-corrected chi connectivity index (χ4v) is 2.31. The summed E-state index contributed by atoms with van der Waals surface area (Å²) in [4.78, 5) is 20.2. The van der Waals surface area contributed by atoms with Crippen LogP contribution in [-0.2, 0) is 6.42 Å². The number of hydrogen-bond acceptors (Lipinski definition) is 6. The van der Waals surface area contributed by atoms with Crippen LogP contribution in [0.1, 0.15) is 20.9 Å². The van der Waals surface area contributed by atoms with Crippen LogP contribution in [0.15, 0.2) is 17.8 Å². The van der Waals surface area contributed by atoms with E-state index < -0.39 is 5.97 Å². The van der Waals surface area contributed by atoms with Crippen LogP contribution >= 0.6 is 11.3 Å². The van der Waals surface area contributed by atoms with Crippen LogP contribution in [0.5, 0.6) is 5.88 Å². The van der Waals surface area contributed by atoms with Gasteiger partial charge in [-0.05, 0) is 13.0 Å².